The Balaban J connectivity index is 1.61. The first kappa shape index (κ1) is 16.3. The summed E-state index contributed by atoms with van der Waals surface area (Å²) in [4.78, 5) is 14.8. The van der Waals surface area contributed by atoms with Crippen molar-refractivity contribution in [1.29, 1.82) is 0 Å². The molecule has 0 unspecified atom stereocenters. The van der Waals surface area contributed by atoms with Crippen LogP contribution in [0.25, 0.3) is 0 Å². The van der Waals surface area contributed by atoms with Gasteiger partial charge in [-0.1, -0.05) is 0 Å². The molecule has 1 aliphatic carbocycles. The van der Waals surface area contributed by atoms with Crippen molar-refractivity contribution in [1.82, 2.24) is 5.32 Å². The molecular formula is C18H26N2O3. The number of aliphatic hydroxyl groups excluding tert-OH is 1. The van der Waals surface area contributed by atoms with Crippen LogP contribution in [0, 0.1) is 0 Å². The van der Waals surface area contributed by atoms with Gasteiger partial charge in [0.2, 0.25) is 0 Å². The maximum Gasteiger partial charge on any atom is 0.251 e. The molecule has 0 bridgehead atoms. The van der Waals surface area contributed by atoms with Crippen molar-refractivity contribution in [2.45, 2.75) is 50.4 Å². The number of nitrogens with zero attached hydrogens (tertiary/aromatic N) is 1. The molecule has 3 atom stereocenters. The lowest BCUT2D eigenvalue weighted by Crippen LogP contribution is -2.51. The summed E-state index contributed by atoms with van der Waals surface area (Å²) in [6, 6.07) is 7.52. The van der Waals surface area contributed by atoms with Gasteiger partial charge in [0.15, 0.2) is 0 Å². The zero-order chi connectivity index (χ0) is 16.2. The van der Waals surface area contributed by atoms with E-state index in [9.17, 15) is 9.90 Å². The van der Waals surface area contributed by atoms with Gasteiger partial charge in [-0.3, -0.25) is 4.79 Å². The van der Waals surface area contributed by atoms with E-state index in [-0.39, 0.29) is 18.1 Å². The van der Waals surface area contributed by atoms with Crippen LogP contribution in [-0.4, -0.2) is 49.5 Å². The molecule has 0 radical (unpaired) electrons. The Hall–Kier alpha value is -1.59. The van der Waals surface area contributed by atoms with Crippen LogP contribution in [0.3, 0.4) is 0 Å². The number of carbonyl (C=O) groups is 1. The summed E-state index contributed by atoms with van der Waals surface area (Å²) in [5.41, 5.74) is 1.82. The zero-order valence-corrected chi connectivity index (χ0v) is 13.7. The second kappa shape index (κ2) is 7.32. The second-order valence-electron chi connectivity index (χ2n) is 6.52. The normalized spacial score (nSPS) is 27.9. The van der Waals surface area contributed by atoms with Crippen LogP contribution in [0.1, 0.15) is 42.5 Å². The number of methoxy groups -OCH3 is 1. The Bertz CT molecular complexity index is 526. The maximum absolute atomic E-state index is 12.4. The minimum absolute atomic E-state index is 0.126. The Morgan fingerprint density at radius 3 is 2.52 bits per heavy atom. The fourth-order valence-electron chi connectivity index (χ4n) is 3.61. The molecule has 23 heavy (non-hydrogen) atoms. The third kappa shape index (κ3) is 3.67. The van der Waals surface area contributed by atoms with Gasteiger partial charge >= 0.3 is 0 Å². The van der Waals surface area contributed by atoms with E-state index in [2.05, 4.69) is 10.2 Å². The Labute approximate surface area is 137 Å². The highest BCUT2D eigenvalue weighted by molar-refractivity contribution is 5.94. The lowest BCUT2D eigenvalue weighted by molar-refractivity contribution is -0.0513. The molecule has 0 aromatic heterocycles. The molecule has 2 fully saturated rings. The topological polar surface area (TPSA) is 61.8 Å². The molecule has 3 rings (SSSR count). The van der Waals surface area contributed by atoms with Crippen molar-refractivity contribution in [2.24, 2.45) is 0 Å². The van der Waals surface area contributed by atoms with Gasteiger partial charge in [0, 0.05) is 31.5 Å². The van der Waals surface area contributed by atoms with Crippen LogP contribution in [0.5, 0.6) is 0 Å². The molecule has 2 N–H and O–H groups in total. The Kier molecular flexibility index (Phi) is 5.18. The predicted molar refractivity (Wildman–Crippen MR) is 89.8 cm³/mol. The van der Waals surface area contributed by atoms with Crippen LogP contribution in [0.15, 0.2) is 24.3 Å². The number of hydrogen-bond acceptors (Lipinski definition) is 4. The standard InChI is InChI=1S/C18H26N2O3/c1-23-16-6-4-5-15(17(16)21)19-18(22)13-7-9-14(10-8-13)20-11-2-3-12-20/h7-10,15-17,21H,2-6,11-12H2,1H3,(H,19,22)/t15-,16-,17-/m1/s1. The van der Waals surface area contributed by atoms with E-state index >= 15 is 0 Å². The van der Waals surface area contributed by atoms with Gasteiger partial charge in [-0.2, -0.15) is 0 Å². The van der Waals surface area contributed by atoms with E-state index in [0.717, 1.165) is 32.4 Å². The average molecular weight is 318 g/mol. The molecule has 1 amide bonds. The van der Waals surface area contributed by atoms with Crippen LogP contribution < -0.4 is 10.2 Å². The van der Waals surface area contributed by atoms with Crippen molar-refractivity contribution < 1.29 is 14.6 Å². The van der Waals surface area contributed by atoms with Gasteiger partial charge in [-0.25, -0.2) is 0 Å². The Morgan fingerprint density at radius 2 is 1.87 bits per heavy atom. The fourth-order valence-corrected chi connectivity index (χ4v) is 3.61. The van der Waals surface area contributed by atoms with Gasteiger partial charge < -0.3 is 20.1 Å². The highest BCUT2D eigenvalue weighted by atomic mass is 16.5. The van der Waals surface area contributed by atoms with Crippen molar-refractivity contribution >= 4 is 11.6 Å². The van der Waals surface area contributed by atoms with E-state index in [1.54, 1.807) is 7.11 Å². The number of carbonyl (C=O) groups excluding carboxylic acids is 1. The largest absolute Gasteiger partial charge is 0.388 e. The minimum atomic E-state index is -0.637. The highest BCUT2D eigenvalue weighted by Crippen LogP contribution is 2.23. The fraction of sp³-hybridized carbons (Fsp3) is 0.611. The molecule has 5 nitrogen and oxygen atoms in total. The minimum Gasteiger partial charge on any atom is -0.388 e. The van der Waals surface area contributed by atoms with E-state index in [1.165, 1.54) is 18.5 Å². The van der Waals surface area contributed by atoms with Crippen LogP contribution in [0.4, 0.5) is 5.69 Å². The molecule has 1 aliphatic heterocycles. The van der Waals surface area contributed by atoms with E-state index in [1.807, 2.05) is 24.3 Å². The number of aliphatic hydroxyl groups is 1. The number of ether oxygens (including phenoxy) is 1. The van der Waals surface area contributed by atoms with E-state index in [0.29, 0.717) is 5.56 Å². The number of hydrogen-bond donors (Lipinski definition) is 2. The second-order valence-corrected chi connectivity index (χ2v) is 6.52. The molecule has 1 aromatic rings. The first-order chi connectivity index (χ1) is 11.2. The quantitative estimate of drug-likeness (QED) is 0.891. The van der Waals surface area contributed by atoms with Crippen molar-refractivity contribution in [3.05, 3.63) is 29.8 Å². The molecule has 1 aromatic carbocycles. The molecule has 2 aliphatic rings. The maximum atomic E-state index is 12.4. The van der Waals surface area contributed by atoms with Crippen LogP contribution in [-0.2, 0) is 4.74 Å². The molecular weight excluding hydrogens is 292 g/mol. The summed E-state index contributed by atoms with van der Waals surface area (Å²) >= 11 is 0. The first-order valence-corrected chi connectivity index (χ1v) is 8.56. The van der Waals surface area contributed by atoms with Gasteiger partial charge in [0.1, 0.15) is 6.10 Å². The number of nitrogens with one attached hydrogen (secondary N) is 1. The zero-order valence-electron chi connectivity index (χ0n) is 13.7. The first-order valence-electron chi connectivity index (χ1n) is 8.56. The van der Waals surface area contributed by atoms with E-state index in [4.69, 9.17) is 4.74 Å². The molecule has 1 saturated carbocycles. The SMILES string of the molecule is CO[C@@H]1CCC[C@@H](NC(=O)c2ccc(N3CCCC3)cc2)[C@H]1O. The monoisotopic (exact) mass is 318 g/mol. The molecule has 1 saturated heterocycles. The molecule has 126 valence electrons. The molecule has 5 heteroatoms. The van der Waals surface area contributed by atoms with Gasteiger partial charge in [-0.15, -0.1) is 0 Å². The Morgan fingerprint density at radius 1 is 1.17 bits per heavy atom. The third-order valence-electron chi connectivity index (χ3n) is 5.02. The summed E-state index contributed by atoms with van der Waals surface area (Å²) in [6.45, 7) is 2.19. The van der Waals surface area contributed by atoms with Crippen LogP contribution in [0.2, 0.25) is 0 Å². The summed E-state index contributed by atoms with van der Waals surface area (Å²) in [7, 11) is 1.61. The van der Waals surface area contributed by atoms with Crippen molar-refractivity contribution in [3.8, 4) is 0 Å². The molecule has 0 spiro atoms. The van der Waals surface area contributed by atoms with Gasteiger partial charge in [0.25, 0.3) is 5.91 Å². The number of anilines is 1. The number of amides is 1. The van der Waals surface area contributed by atoms with Gasteiger partial charge in [0.05, 0.1) is 12.1 Å². The summed E-state index contributed by atoms with van der Waals surface area (Å²) < 4.78 is 5.29. The smallest absolute Gasteiger partial charge is 0.251 e. The van der Waals surface area contributed by atoms with Crippen LogP contribution >= 0.6 is 0 Å². The number of rotatable bonds is 4. The summed E-state index contributed by atoms with van der Waals surface area (Å²) in [6.07, 6.45) is 4.24. The number of benzene rings is 1. The van der Waals surface area contributed by atoms with Crippen molar-refractivity contribution in [2.75, 3.05) is 25.1 Å². The highest BCUT2D eigenvalue weighted by Gasteiger charge is 2.32. The van der Waals surface area contributed by atoms with Gasteiger partial charge in [-0.05, 0) is 56.4 Å². The molecule has 1 heterocycles. The lowest BCUT2D eigenvalue weighted by Gasteiger charge is -2.34. The predicted octanol–water partition coefficient (Wildman–Crippen LogP) is 1.94. The van der Waals surface area contributed by atoms with E-state index < -0.39 is 6.10 Å². The summed E-state index contributed by atoms with van der Waals surface area (Å²) in [5.74, 6) is -0.126. The lowest BCUT2D eigenvalue weighted by atomic mass is 9.89. The average Bonchev–Trinajstić information content (AvgIpc) is 3.11. The van der Waals surface area contributed by atoms with Crippen molar-refractivity contribution in [3.63, 3.8) is 0 Å². The summed E-state index contributed by atoms with van der Waals surface area (Å²) in [5, 5.41) is 13.2. The third-order valence-corrected chi connectivity index (χ3v) is 5.02.